The smallest absolute Gasteiger partial charge is 0.194 e. The topological polar surface area (TPSA) is 31.5 Å². The third-order valence-corrected chi connectivity index (χ3v) is 5.69. The van der Waals surface area contributed by atoms with Crippen molar-refractivity contribution in [2.24, 2.45) is 7.05 Å². The molecule has 5 aromatic rings. The van der Waals surface area contributed by atoms with Gasteiger partial charge in [-0.1, -0.05) is 54.1 Å². The van der Waals surface area contributed by atoms with E-state index in [4.69, 9.17) is 9.72 Å². The highest BCUT2D eigenvalue weighted by Crippen LogP contribution is 2.27. The molecule has 4 nitrogen and oxygen atoms in total. The zero-order chi connectivity index (χ0) is 20.7. The Morgan fingerprint density at radius 1 is 0.900 bits per heavy atom. The van der Waals surface area contributed by atoms with Gasteiger partial charge in [0.25, 0.3) is 0 Å². The van der Waals surface area contributed by atoms with Crippen LogP contribution < -0.4 is 4.74 Å². The number of hydrogen-bond donors (Lipinski definition) is 0. The summed E-state index contributed by atoms with van der Waals surface area (Å²) in [6, 6.07) is 23.2. The summed E-state index contributed by atoms with van der Waals surface area (Å²) in [4.78, 5) is 4.93. The van der Waals surface area contributed by atoms with Crippen LogP contribution in [0.25, 0.3) is 27.8 Å². The summed E-state index contributed by atoms with van der Waals surface area (Å²) in [5.74, 6) is 0.887. The Morgan fingerprint density at radius 2 is 1.67 bits per heavy atom. The minimum Gasteiger partial charge on any atom is -0.478 e. The van der Waals surface area contributed by atoms with Gasteiger partial charge in [0.15, 0.2) is 5.88 Å². The van der Waals surface area contributed by atoms with Crippen molar-refractivity contribution in [3.05, 3.63) is 89.7 Å². The first kappa shape index (κ1) is 18.5. The van der Waals surface area contributed by atoms with Gasteiger partial charge in [-0.05, 0) is 31.5 Å². The van der Waals surface area contributed by atoms with Crippen LogP contribution in [0.4, 0.5) is 0 Å². The third kappa shape index (κ3) is 3.24. The lowest BCUT2D eigenvalue weighted by atomic mass is 10.1. The molecule has 0 N–H and O–H groups in total. The molecule has 150 valence electrons. The first-order valence-electron chi connectivity index (χ1n) is 10.3. The number of hydrogen-bond acceptors (Lipinski definition) is 2. The highest BCUT2D eigenvalue weighted by Gasteiger charge is 2.15. The van der Waals surface area contributed by atoms with Gasteiger partial charge in [0, 0.05) is 36.7 Å². The van der Waals surface area contributed by atoms with Gasteiger partial charge in [-0.25, -0.2) is 4.98 Å². The maximum atomic E-state index is 6.21. The normalized spacial score (nSPS) is 11.4. The molecule has 0 radical (unpaired) electrons. The second kappa shape index (κ2) is 7.38. The Morgan fingerprint density at radius 3 is 2.47 bits per heavy atom. The van der Waals surface area contributed by atoms with E-state index in [-0.39, 0.29) is 0 Å². The van der Waals surface area contributed by atoms with E-state index >= 15 is 0 Å². The van der Waals surface area contributed by atoms with Gasteiger partial charge in [-0.3, -0.25) is 0 Å². The predicted molar refractivity (Wildman–Crippen MR) is 122 cm³/mol. The van der Waals surface area contributed by atoms with Crippen molar-refractivity contribution in [1.29, 1.82) is 0 Å². The van der Waals surface area contributed by atoms with Crippen molar-refractivity contribution < 1.29 is 4.74 Å². The molecule has 5 rings (SSSR count). The van der Waals surface area contributed by atoms with Crippen LogP contribution in [0.15, 0.2) is 72.9 Å². The first-order chi connectivity index (χ1) is 14.6. The number of aryl methyl sites for hydroxylation is 3. The van der Waals surface area contributed by atoms with Crippen molar-refractivity contribution in [2.75, 3.05) is 6.61 Å². The standard InChI is InChI=1S/C26H25N3O/c1-18-8-11-20(12-9-18)26-23(29-17-19(2)10-13-24(29)27-26)14-15-30-25-16-21-6-4-5-7-22(21)28(25)3/h4-13,16-17H,14-15H2,1-3H3. The molecule has 0 aliphatic carbocycles. The SMILES string of the molecule is Cc1ccc(-c2nc3ccc(C)cn3c2CCOc2cc3ccccc3n2C)cc1. The molecule has 3 aromatic heterocycles. The number of ether oxygens (including phenoxy) is 1. The van der Waals surface area contributed by atoms with Gasteiger partial charge < -0.3 is 13.7 Å². The molecule has 0 saturated heterocycles. The quantitative estimate of drug-likeness (QED) is 0.380. The van der Waals surface area contributed by atoms with Gasteiger partial charge >= 0.3 is 0 Å². The van der Waals surface area contributed by atoms with E-state index in [1.807, 2.05) is 7.05 Å². The maximum Gasteiger partial charge on any atom is 0.194 e. The lowest BCUT2D eigenvalue weighted by Crippen LogP contribution is -2.07. The molecule has 0 bridgehead atoms. The van der Waals surface area contributed by atoms with Crippen LogP contribution in [0.5, 0.6) is 5.88 Å². The summed E-state index contributed by atoms with van der Waals surface area (Å²) < 4.78 is 10.5. The number of para-hydroxylation sites is 1. The molecule has 0 fully saturated rings. The Balaban J connectivity index is 1.48. The number of benzene rings is 2. The van der Waals surface area contributed by atoms with Crippen molar-refractivity contribution in [3.8, 4) is 17.1 Å². The number of nitrogens with zero attached hydrogens (tertiary/aromatic N) is 3. The van der Waals surface area contributed by atoms with Crippen LogP contribution in [-0.2, 0) is 13.5 Å². The maximum absolute atomic E-state index is 6.21. The summed E-state index contributed by atoms with van der Waals surface area (Å²) in [5.41, 5.74) is 7.96. The fraction of sp³-hybridized carbons (Fsp3) is 0.192. The highest BCUT2D eigenvalue weighted by molar-refractivity contribution is 5.82. The molecule has 3 heterocycles. The van der Waals surface area contributed by atoms with Gasteiger partial charge in [0.1, 0.15) is 5.65 Å². The van der Waals surface area contributed by atoms with E-state index in [0.717, 1.165) is 29.2 Å². The lowest BCUT2D eigenvalue weighted by Gasteiger charge is -2.09. The van der Waals surface area contributed by atoms with E-state index < -0.39 is 0 Å². The minimum atomic E-state index is 0.588. The Hall–Kier alpha value is -3.53. The van der Waals surface area contributed by atoms with Crippen LogP contribution in [-0.4, -0.2) is 20.6 Å². The van der Waals surface area contributed by atoms with E-state index in [1.165, 1.54) is 27.7 Å². The fourth-order valence-electron chi connectivity index (χ4n) is 4.04. The minimum absolute atomic E-state index is 0.588. The van der Waals surface area contributed by atoms with Gasteiger partial charge in [0.05, 0.1) is 23.5 Å². The van der Waals surface area contributed by atoms with Gasteiger partial charge in [-0.15, -0.1) is 0 Å². The first-order valence-corrected chi connectivity index (χ1v) is 10.3. The predicted octanol–water partition coefficient (Wildman–Crippen LogP) is 5.73. The summed E-state index contributed by atoms with van der Waals surface area (Å²) in [6.07, 6.45) is 2.93. The molecule has 0 aliphatic heterocycles. The van der Waals surface area contributed by atoms with Crippen LogP contribution in [0.2, 0.25) is 0 Å². The highest BCUT2D eigenvalue weighted by atomic mass is 16.5. The van der Waals surface area contributed by atoms with Crippen molar-refractivity contribution in [1.82, 2.24) is 14.0 Å². The van der Waals surface area contributed by atoms with E-state index in [0.29, 0.717) is 6.61 Å². The zero-order valence-electron chi connectivity index (χ0n) is 17.6. The molecule has 0 spiro atoms. The molecular weight excluding hydrogens is 370 g/mol. The molecule has 0 saturated carbocycles. The molecule has 0 amide bonds. The fourth-order valence-corrected chi connectivity index (χ4v) is 4.04. The van der Waals surface area contributed by atoms with Gasteiger partial charge in [-0.2, -0.15) is 0 Å². The largest absolute Gasteiger partial charge is 0.478 e. The van der Waals surface area contributed by atoms with E-state index in [9.17, 15) is 0 Å². The van der Waals surface area contributed by atoms with Crippen molar-refractivity contribution in [2.45, 2.75) is 20.3 Å². The molecule has 0 unspecified atom stereocenters. The van der Waals surface area contributed by atoms with Crippen LogP contribution in [0.3, 0.4) is 0 Å². The summed E-state index contributed by atoms with van der Waals surface area (Å²) >= 11 is 0. The summed E-state index contributed by atoms with van der Waals surface area (Å²) in [6.45, 7) is 4.81. The number of imidazole rings is 1. The molecule has 2 aromatic carbocycles. The Kier molecular flexibility index (Phi) is 4.55. The molecule has 0 atom stereocenters. The second-order valence-electron chi connectivity index (χ2n) is 7.91. The molecule has 30 heavy (non-hydrogen) atoms. The van der Waals surface area contributed by atoms with Crippen molar-refractivity contribution in [3.63, 3.8) is 0 Å². The van der Waals surface area contributed by atoms with E-state index in [2.05, 4.69) is 95.7 Å². The van der Waals surface area contributed by atoms with Crippen LogP contribution in [0, 0.1) is 13.8 Å². The summed E-state index contributed by atoms with van der Waals surface area (Å²) in [7, 11) is 2.05. The third-order valence-electron chi connectivity index (χ3n) is 5.69. The average Bonchev–Trinajstić information content (AvgIpc) is 3.27. The number of fused-ring (bicyclic) bond motifs is 2. The average molecular weight is 396 g/mol. The number of aromatic nitrogens is 3. The van der Waals surface area contributed by atoms with Crippen LogP contribution >= 0.6 is 0 Å². The van der Waals surface area contributed by atoms with Crippen molar-refractivity contribution >= 4 is 16.6 Å². The van der Waals surface area contributed by atoms with Gasteiger partial charge in [0.2, 0.25) is 0 Å². The monoisotopic (exact) mass is 395 g/mol. The molecule has 4 heteroatoms. The van der Waals surface area contributed by atoms with E-state index in [1.54, 1.807) is 0 Å². The molecular formula is C26H25N3O. The second-order valence-corrected chi connectivity index (χ2v) is 7.91. The molecule has 0 aliphatic rings. The number of pyridine rings is 1. The Bertz CT molecular complexity index is 1340. The Labute approximate surface area is 176 Å². The summed E-state index contributed by atoms with van der Waals surface area (Å²) in [5, 5.41) is 1.20. The lowest BCUT2D eigenvalue weighted by molar-refractivity contribution is 0.299. The van der Waals surface area contributed by atoms with Crippen LogP contribution in [0.1, 0.15) is 16.8 Å². The zero-order valence-corrected chi connectivity index (χ0v) is 17.6. The number of rotatable bonds is 5.